The van der Waals surface area contributed by atoms with Crippen LogP contribution in [0.1, 0.15) is 33.7 Å². The molecule has 0 unspecified atom stereocenters. The molecule has 0 aliphatic rings. The van der Waals surface area contributed by atoms with Gasteiger partial charge in [0.1, 0.15) is 0 Å². The van der Waals surface area contributed by atoms with E-state index in [-0.39, 0.29) is 12.8 Å². The van der Waals surface area contributed by atoms with Crippen molar-refractivity contribution in [3.63, 3.8) is 0 Å². The molecule has 4 nitrogen and oxygen atoms in total. The summed E-state index contributed by atoms with van der Waals surface area (Å²) in [6.07, 6.45) is 1.31. The second-order valence-corrected chi connectivity index (χ2v) is 7.70. The van der Waals surface area contributed by atoms with Gasteiger partial charge in [0.2, 0.25) is 0 Å². The second kappa shape index (κ2) is 7.07. The first-order valence-corrected chi connectivity index (χ1v) is 8.62. The molecule has 118 valence electrons. The van der Waals surface area contributed by atoms with Crippen LogP contribution in [0.2, 0.25) is 0 Å². The maximum atomic E-state index is 10.8. The number of carboxylic acid groups (broad SMARTS) is 2. The van der Waals surface area contributed by atoms with E-state index in [0.717, 1.165) is 30.6 Å². The zero-order chi connectivity index (χ0) is 16.3. The Labute approximate surface area is 137 Å². The third-order valence-electron chi connectivity index (χ3n) is 3.39. The van der Waals surface area contributed by atoms with E-state index in [1.807, 2.05) is 13.8 Å². The molecule has 0 radical (unpaired) electrons. The lowest BCUT2D eigenvalue weighted by Crippen LogP contribution is -1.97. The molecule has 0 amide bonds. The number of carboxylic acids is 2. The molecule has 2 rings (SSSR count). The molecule has 2 aromatic rings. The summed E-state index contributed by atoms with van der Waals surface area (Å²) in [5, 5.41) is 17.7. The molecule has 2 aromatic heterocycles. The highest BCUT2D eigenvalue weighted by Crippen LogP contribution is 2.39. The van der Waals surface area contributed by atoms with Crippen molar-refractivity contribution in [3.05, 3.63) is 33.0 Å². The van der Waals surface area contributed by atoms with Crippen LogP contribution in [0.4, 0.5) is 0 Å². The minimum atomic E-state index is -0.792. The van der Waals surface area contributed by atoms with Crippen molar-refractivity contribution in [2.24, 2.45) is 0 Å². The maximum absolute atomic E-state index is 10.8. The van der Waals surface area contributed by atoms with Gasteiger partial charge in [-0.1, -0.05) is 0 Å². The number of aryl methyl sites for hydroxylation is 4. The summed E-state index contributed by atoms with van der Waals surface area (Å²) >= 11 is 3.32. The van der Waals surface area contributed by atoms with E-state index in [2.05, 4.69) is 12.1 Å². The highest BCUT2D eigenvalue weighted by atomic mass is 32.1. The number of hydrogen-bond donors (Lipinski definition) is 2. The van der Waals surface area contributed by atoms with Gasteiger partial charge in [-0.3, -0.25) is 9.59 Å². The molecule has 0 aliphatic carbocycles. The largest absolute Gasteiger partial charge is 0.481 e. The lowest BCUT2D eigenvalue weighted by molar-refractivity contribution is -0.138. The van der Waals surface area contributed by atoms with E-state index in [1.54, 1.807) is 22.7 Å². The van der Waals surface area contributed by atoms with E-state index < -0.39 is 11.9 Å². The summed E-state index contributed by atoms with van der Waals surface area (Å²) in [5.41, 5.74) is 2.13. The van der Waals surface area contributed by atoms with Crippen LogP contribution in [0.5, 0.6) is 0 Å². The zero-order valence-electron chi connectivity index (χ0n) is 12.5. The predicted molar refractivity (Wildman–Crippen MR) is 89.0 cm³/mol. The van der Waals surface area contributed by atoms with Crippen molar-refractivity contribution in [2.45, 2.75) is 39.5 Å². The molecular formula is C16H18O4S2. The van der Waals surface area contributed by atoms with Gasteiger partial charge >= 0.3 is 11.9 Å². The van der Waals surface area contributed by atoms with Crippen LogP contribution in [0.3, 0.4) is 0 Å². The molecule has 0 aromatic carbocycles. The summed E-state index contributed by atoms with van der Waals surface area (Å²) in [7, 11) is 0. The maximum Gasteiger partial charge on any atom is 0.303 e. The monoisotopic (exact) mass is 338 g/mol. The molecule has 0 aliphatic heterocycles. The van der Waals surface area contributed by atoms with Crippen LogP contribution in [0.25, 0.3) is 9.75 Å². The molecule has 0 atom stereocenters. The van der Waals surface area contributed by atoms with Crippen LogP contribution in [-0.2, 0) is 22.4 Å². The first-order valence-electron chi connectivity index (χ1n) is 6.99. The molecule has 0 spiro atoms. The number of thiophene rings is 2. The van der Waals surface area contributed by atoms with Gasteiger partial charge in [-0.05, 0) is 49.9 Å². The van der Waals surface area contributed by atoms with Gasteiger partial charge in [0, 0.05) is 32.4 Å². The third-order valence-corrected chi connectivity index (χ3v) is 5.76. The fraction of sp³-hybridized carbons (Fsp3) is 0.375. The average Bonchev–Trinajstić information content (AvgIpc) is 2.97. The van der Waals surface area contributed by atoms with Gasteiger partial charge in [0.05, 0.1) is 0 Å². The third kappa shape index (κ3) is 4.18. The summed E-state index contributed by atoms with van der Waals surface area (Å²) in [6.45, 7) is 4.02. The van der Waals surface area contributed by atoms with Crippen LogP contribution in [0.15, 0.2) is 12.1 Å². The average molecular weight is 338 g/mol. The standard InChI is InChI=1S/C16H18O4S2/c1-9-7-12(4-6-15(19)20)16(21-9)13-8-11(10(2)22-13)3-5-14(17)18/h7-8H,3-6H2,1-2H3,(H,17,18)(H,19,20). The van der Waals surface area contributed by atoms with Crippen LogP contribution >= 0.6 is 22.7 Å². The van der Waals surface area contributed by atoms with E-state index >= 15 is 0 Å². The summed E-state index contributed by atoms with van der Waals surface area (Å²) in [5.74, 6) is -1.58. The van der Waals surface area contributed by atoms with Gasteiger partial charge in [0.25, 0.3) is 0 Å². The van der Waals surface area contributed by atoms with E-state index in [0.29, 0.717) is 12.8 Å². The predicted octanol–water partition coefficient (Wildman–Crippen LogP) is 4.13. The molecule has 2 N–H and O–H groups in total. The molecule has 6 heteroatoms. The van der Waals surface area contributed by atoms with Crippen molar-refractivity contribution in [2.75, 3.05) is 0 Å². The normalized spacial score (nSPS) is 10.8. The smallest absolute Gasteiger partial charge is 0.303 e. The van der Waals surface area contributed by atoms with Crippen molar-refractivity contribution in [1.29, 1.82) is 0 Å². The Morgan fingerprint density at radius 3 is 2.14 bits per heavy atom. The Balaban J connectivity index is 2.26. The number of aliphatic carboxylic acids is 2. The number of carbonyl (C=O) groups is 2. The number of hydrogen-bond acceptors (Lipinski definition) is 4. The SMILES string of the molecule is Cc1cc(CCC(=O)O)c(-c2cc(CCC(=O)O)c(C)s2)s1. The first-order chi connectivity index (χ1) is 10.4. The minimum Gasteiger partial charge on any atom is -0.481 e. The fourth-order valence-corrected chi connectivity index (χ4v) is 4.60. The molecular weight excluding hydrogens is 320 g/mol. The van der Waals surface area contributed by atoms with Crippen LogP contribution < -0.4 is 0 Å². The van der Waals surface area contributed by atoms with E-state index in [4.69, 9.17) is 10.2 Å². The fourth-order valence-electron chi connectivity index (χ4n) is 2.32. The summed E-state index contributed by atoms with van der Waals surface area (Å²) in [6, 6.07) is 4.10. The van der Waals surface area contributed by atoms with E-state index in [9.17, 15) is 9.59 Å². The summed E-state index contributed by atoms with van der Waals surface area (Å²) < 4.78 is 0. The first kappa shape index (κ1) is 16.7. The highest BCUT2D eigenvalue weighted by molar-refractivity contribution is 7.22. The Hall–Kier alpha value is -1.66. The molecule has 0 saturated carbocycles. The lowest BCUT2D eigenvalue weighted by Gasteiger charge is -1.99. The van der Waals surface area contributed by atoms with Crippen molar-refractivity contribution in [1.82, 2.24) is 0 Å². The topological polar surface area (TPSA) is 74.6 Å². The van der Waals surface area contributed by atoms with Gasteiger partial charge in [-0.2, -0.15) is 0 Å². The quantitative estimate of drug-likeness (QED) is 0.796. The lowest BCUT2D eigenvalue weighted by atomic mass is 10.1. The van der Waals surface area contributed by atoms with Crippen LogP contribution in [0, 0.1) is 13.8 Å². The Morgan fingerprint density at radius 1 is 0.955 bits per heavy atom. The van der Waals surface area contributed by atoms with Gasteiger partial charge in [0.15, 0.2) is 0 Å². The van der Waals surface area contributed by atoms with E-state index in [1.165, 1.54) is 0 Å². The van der Waals surface area contributed by atoms with Crippen LogP contribution in [-0.4, -0.2) is 22.2 Å². The van der Waals surface area contributed by atoms with Gasteiger partial charge < -0.3 is 10.2 Å². The zero-order valence-corrected chi connectivity index (χ0v) is 14.1. The van der Waals surface area contributed by atoms with Crippen molar-refractivity contribution < 1.29 is 19.8 Å². The van der Waals surface area contributed by atoms with Crippen molar-refractivity contribution in [3.8, 4) is 9.75 Å². The Morgan fingerprint density at radius 2 is 1.55 bits per heavy atom. The summed E-state index contributed by atoms with van der Waals surface area (Å²) in [4.78, 5) is 26.0. The molecule has 0 saturated heterocycles. The molecule has 2 heterocycles. The Kier molecular flexibility index (Phi) is 5.37. The number of rotatable bonds is 7. The van der Waals surface area contributed by atoms with Gasteiger partial charge in [-0.15, -0.1) is 22.7 Å². The minimum absolute atomic E-state index is 0.124. The molecule has 0 fully saturated rings. The highest BCUT2D eigenvalue weighted by Gasteiger charge is 2.15. The second-order valence-electron chi connectivity index (χ2n) is 5.19. The Bertz CT molecular complexity index is 697. The molecule has 0 bridgehead atoms. The molecule has 22 heavy (non-hydrogen) atoms. The van der Waals surface area contributed by atoms with Gasteiger partial charge in [-0.25, -0.2) is 0 Å². The van der Waals surface area contributed by atoms with Crippen molar-refractivity contribution >= 4 is 34.6 Å².